The van der Waals surface area contributed by atoms with Crippen molar-refractivity contribution < 1.29 is 52.4 Å². The van der Waals surface area contributed by atoms with Gasteiger partial charge in [0.2, 0.25) is 5.13 Å². The van der Waals surface area contributed by atoms with Gasteiger partial charge in [0.25, 0.3) is 0 Å². The maximum absolute atomic E-state index is 13.3. The highest BCUT2D eigenvalue weighted by atomic mass is 32.2. The minimum absolute atomic E-state index is 0.0445. The highest BCUT2D eigenvalue weighted by Crippen LogP contribution is 2.42. The third kappa shape index (κ3) is 13.3. The second-order valence-electron chi connectivity index (χ2n) is 16.2. The Labute approximate surface area is 351 Å². The maximum Gasteiger partial charge on any atom is 0.426 e. The van der Waals surface area contributed by atoms with Crippen molar-refractivity contribution in [1.29, 1.82) is 5.26 Å². The predicted octanol–water partition coefficient (Wildman–Crippen LogP) is 6.06. The molecule has 1 aliphatic heterocycles. The van der Waals surface area contributed by atoms with Gasteiger partial charge in [-0.25, -0.2) is 24.2 Å². The summed E-state index contributed by atoms with van der Waals surface area (Å²) < 4.78 is 35.7. The number of imide groups is 1. The number of amides is 2. The number of anilines is 1. The second-order valence-corrected chi connectivity index (χ2v) is 22.9. The summed E-state index contributed by atoms with van der Waals surface area (Å²) >= 11 is 1.94. The van der Waals surface area contributed by atoms with E-state index in [1.165, 1.54) is 43.2 Å². The average molecular weight is 870 g/mol. The molecule has 0 N–H and O–H groups in total. The molecule has 3 unspecified atom stereocenters. The van der Waals surface area contributed by atoms with Crippen LogP contribution in [0, 0.1) is 22.8 Å². The summed E-state index contributed by atoms with van der Waals surface area (Å²) in [6, 6.07) is 2.57. The third-order valence-corrected chi connectivity index (χ3v) is 10.2. The molecule has 0 radical (unpaired) electrons. The third-order valence-electron chi connectivity index (χ3n) is 7.37. The van der Waals surface area contributed by atoms with Crippen molar-refractivity contribution in [2.75, 3.05) is 11.5 Å². The number of ether oxygens (including phenoxy) is 6. The lowest BCUT2D eigenvalue weighted by molar-refractivity contribution is -0.212. The molecule has 0 bridgehead atoms. The van der Waals surface area contributed by atoms with Crippen LogP contribution in [0.5, 0.6) is 0 Å². The molecule has 18 nitrogen and oxygen atoms in total. The number of thiazole rings is 1. The molecule has 59 heavy (non-hydrogen) atoms. The largest absolute Gasteiger partial charge is 0.463 e. The first-order valence-electron chi connectivity index (χ1n) is 18.2. The molecule has 4 heterocycles. The van der Waals surface area contributed by atoms with Gasteiger partial charge >= 0.3 is 30.1 Å². The summed E-state index contributed by atoms with van der Waals surface area (Å²) in [6.07, 6.45) is -2.83. The van der Waals surface area contributed by atoms with Gasteiger partial charge in [0.1, 0.15) is 60.9 Å². The van der Waals surface area contributed by atoms with E-state index in [1.54, 1.807) is 47.6 Å². The number of nitrogens with zero attached hydrogens (tertiary/aromatic N) is 7. The number of thioether (sulfide) groups is 1. The smallest absolute Gasteiger partial charge is 0.426 e. The van der Waals surface area contributed by atoms with Gasteiger partial charge in [-0.15, -0.1) is 22.0 Å². The van der Waals surface area contributed by atoms with Crippen LogP contribution in [0.25, 0.3) is 11.4 Å². The van der Waals surface area contributed by atoms with E-state index in [-0.39, 0.29) is 28.8 Å². The lowest BCUT2D eigenvalue weighted by Crippen LogP contribution is -2.57. The first-order chi connectivity index (χ1) is 27.3. The number of nitriles is 1. The lowest BCUT2D eigenvalue weighted by Gasteiger charge is -2.44. The van der Waals surface area contributed by atoms with E-state index in [4.69, 9.17) is 28.4 Å². The van der Waals surface area contributed by atoms with Crippen molar-refractivity contribution in [2.45, 2.75) is 128 Å². The minimum atomic E-state index is -1.79. The molecule has 1 aliphatic rings. The molecule has 4 rings (SSSR count). The molecule has 0 aromatic carbocycles. The molecule has 2 amide bonds. The summed E-state index contributed by atoms with van der Waals surface area (Å²) in [5.41, 5.74) is 1.12. The van der Waals surface area contributed by atoms with E-state index in [2.05, 4.69) is 57.5 Å². The minimum Gasteiger partial charge on any atom is -0.463 e. The molecule has 1 fully saturated rings. The van der Waals surface area contributed by atoms with E-state index >= 15 is 0 Å². The first-order valence-corrected chi connectivity index (χ1v) is 23.5. The number of carbonyl (C=O) groups is 5. The van der Waals surface area contributed by atoms with E-state index in [9.17, 15) is 29.2 Å². The van der Waals surface area contributed by atoms with Gasteiger partial charge in [-0.2, -0.15) is 10.2 Å². The molecule has 3 aromatic rings. The van der Waals surface area contributed by atoms with Crippen molar-refractivity contribution in [3.05, 3.63) is 35.1 Å². The van der Waals surface area contributed by atoms with E-state index < -0.39 is 79.2 Å². The maximum atomic E-state index is 13.3. The first kappa shape index (κ1) is 46.3. The van der Waals surface area contributed by atoms with E-state index in [0.717, 1.165) is 23.1 Å². The average Bonchev–Trinajstić information content (AvgIpc) is 3.76. The van der Waals surface area contributed by atoms with Crippen LogP contribution in [0.3, 0.4) is 0 Å². The summed E-state index contributed by atoms with van der Waals surface area (Å²) in [5, 5.41) is 20.1. The van der Waals surface area contributed by atoms with Crippen LogP contribution < -0.4 is 4.90 Å². The quantitative estimate of drug-likeness (QED) is 0.103. The SMILES string of the molecule is CC(=O)OCC1O[C@H](Sc2cc(C#C[Si](C)(C)C)cnc2C#N)C(OC(C)=O)C(n2cc(-c3csc(N(C(=O)OC(C)(C)C)C(=O)OC(C)(C)C)n3)nn2)[C@H]1OC(C)=O. The van der Waals surface area contributed by atoms with Gasteiger partial charge in [-0.05, 0) is 47.6 Å². The zero-order chi connectivity index (χ0) is 44.0. The fourth-order valence-corrected chi connectivity index (χ4v) is 7.74. The number of hydrogen-bond donors (Lipinski definition) is 0. The lowest BCUT2D eigenvalue weighted by atomic mass is 9.96. The number of aromatic nitrogens is 5. The summed E-state index contributed by atoms with van der Waals surface area (Å²) in [6.45, 7) is 19.3. The molecule has 0 aliphatic carbocycles. The number of esters is 3. The van der Waals surface area contributed by atoms with Crippen molar-refractivity contribution >= 4 is 66.4 Å². The summed E-state index contributed by atoms with van der Waals surface area (Å²) in [7, 11) is -1.79. The van der Waals surface area contributed by atoms with Crippen LogP contribution in [-0.4, -0.2) is 105 Å². The molecular weight excluding hydrogens is 823 g/mol. The van der Waals surface area contributed by atoms with Crippen molar-refractivity contribution in [3.8, 4) is 28.9 Å². The van der Waals surface area contributed by atoms with E-state index in [0.29, 0.717) is 15.4 Å². The van der Waals surface area contributed by atoms with Crippen LogP contribution >= 0.6 is 23.1 Å². The second kappa shape index (κ2) is 18.7. The monoisotopic (exact) mass is 869 g/mol. The van der Waals surface area contributed by atoms with Gasteiger partial charge < -0.3 is 28.4 Å². The number of hydrogen-bond acceptors (Lipinski definition) is 18. The molecule has 21 heteroatoms. The van der Waals surface area contributed by atoms with Gasteiger partial charge in [-0.3, -0.25) is 14.4 Å². The van der Waals surface area contributed by atoms with Gasteiger partial charge in [0, 0.05) is 42.8 Å². The van der Waals surface area contributed by atoms with Crippen molar-refractivity contribution in [1.82, 2.24) is 25.0 Å². The number of rotatable bonds is 9. The van der Waals surface area contributed by atoms with E-state index in [1.807, 2.05) is 0 Å². The molecule has 3 aromatic heterocycles. The zero-order valence-electron chi connectivity index (χ0n) is 34.8. The molecule has 0 spiro atoms. The Morgan fingerprint density at radius 3 is 2.10 bits per heavy atom. The highest BCUT2D eigenvalue weighted by Gasteiger charge is 2.52. The molecule has 0 saturated carbocycles. The summed E-state index contributed by atoms with van der Waals surface area (Å²) in [5.74, 6) is 1.02. The predicted molar refractivity (Wildman–Crippen MR) is 217 cm³/mol. The molecular formula is C38H47N7O11S2Si. The number of pyridine rings is 1. The van der Waals surface area contributed by atoms with Crippen LogP contribution in [0.4, 0.5) is 14.7 Å². The Morgan fingerprint density at radius 1 is 0.949 bits per heavy atom. The summed E-state index contributed by atoms with van der Waals surface area (Å²) in [4.78, 5) is 73.8. The highest BCUT2D eigenvalue weighted by molar-refractivity contribution is 7.99. The van der Waals surface area contributed by atoms with Crippen LogP contribution in [0.1, 0.15) is 79.6 Å². The molecule has 5 atom stereocenters. The van der Waals surface area contributed by atoms with Gasteiger partial charge in [0.15, 0.2) is 17.9 Å². The van der Waals surface area contributed by atoms with Crippen LogP contribution in [0.15, 0.2) is 28.7 Å². The molecule has 1 saturated heterocycles. The normalized spacial score (nSPS) is 19.3. The van der Waals surface area contributed by atoms with Crippen LogP contribution in [-0.2, 0) is 42.8 Å². The zero-order valence-corrected chi connectivity index (χ0v) is 37.5. The Morgan fingerprint density at radius 2 is 1.56 bits per heavy atom. The topological polar surface area (TPSA) is 224 Å². The Hall–Kier alpha value is -5.35. The standard InChI is InChI=1S/C38H47N7O11S2Si/c1-21(46)51-19-28-31(52-22(2)47)30(32(53-23(3)48)33(54-28)58-29-15-24(13-14-59(10,11)12)17-40-25(29)16-39)44-18-26(42-43-44)27-20-57-34(41-27)45(35(49)55-37(4,5)6)36(50)56-38(7,8)9/h15,17-18,20,28,30-33H,19H2,1-12H3/t28?,30?,31-,32?,33+/m0/s1. The Kier molecular flexibility index (Phi) is 14.7. The Balaban J connectivity index is 1.83. The van der Waals surface area contributed by atoms with Gasteiger partial charge in [0.05, 0.1) is 6.20 Å². The Bertz CT molecular complexity index is 2150. The van der Waals surface area contributed by atoms with Crippen molar-refractivity contribution in [3.63, 3.8) is 0 Å². The van der Waals surface area contributed by atoms with Gasteiger partial charge in [-0.1, -0.05) is 42.5 Å². The molecule has 316 valence electrons. The van der Waals surface area contributed by atoms with Crippen LogP contribution in [0.2, 0.25) is 19.6 Å². The number of carbonyl (C=O) groups excluding carboxylic acids is 5. The fourth-order valence-electron chi connectivity index (χ4n) is 5.22. The van der Waals surface area contributed by atoms with Crippen molar-refractivity contribution in [2.24, 2.45) is 0 Å². The fraction of sp³-hybridized carbons (Fsp3) is 0.526.